The predicted octanol–water partition coefficient (Wildman–Crippen LogP) is 2.45. The number of aryl methyl sites for hydroxylation is 1. The number of hydrogen-bond acceptors (Lipinski definition) is 5. The summed E-state index contributed by atoms with van der Waals surface area (Å²) in [6.45, 7) is 1.79. The first-order chi connectivity index (χ1) is 10.0. The summed E-state index contributed by atoms with van der Waals surface area (Å²) >= 11 is 6.02. The van der Waals surface area contributed by atoms with E-state index < -0.39 is 5.91 Å². The fraction of sp³-hybridized carbons (Fsp3) is 0.0714. The molecule has 2 rings (SSSR count). The number of hydrazine groups is 1. The first kappa shape index (κ1) is 14.8. The lowest BCUT2D eigenvalue weighted by molar-refractivity contribution is 0.102. The number of rotatable bonds is 3. The minimum atomic E-state index is -0.401. The van der Waals surface area contributed by atoms with E-state index in [4.69, 9.17) is 22.7 Å². The van der Waals surface area contributed by atoms with Gasteiger partial charge < -0.3 is 10.7 Å². The number of pyridine rings is 1. The average molecular weight is 302 g/mol. The Bertz CT molecular complexity index is 739. The predicted molar refractivity (Wildman–Crippen MR) is 80.9 cm³/mol. The first-order valence-corrected chi connectivity index (χ1v) is 6.37. The highest BCUT2D eigenvalue weighted by Crippen LogP contribution is 2.24. The summed E-state index contributed by atoms with van der Waals surface area (Å²) in [6.07, 6.45) is 1.43. The van der Waals surface area contributed by atoms with Crippen LogP contribution < -0.4 is 16.6 Å². The molecule has 21 heavy (non-hydrogen) atoms. The Kier molecular flexibility index (Phi) is 4.38. The number of benzene rings is 1. The minimum absolute atomic E-state index is 0.282. The van der Waals surface area contributed by atoms with Gasteiger partial charge in [0.1, 0.15) is 0 Å². The molecule has 0 atom stereocenters. The number of nitrogens with zero attached hydrogens (tertiary/aromatic N) is 2. The number of nitriles is 1. The van der Waals surface area contributed by atoms with Gasteiger partial charge in [0.2, 0.25) is 0 Å². The number of amides is 1. The SMILES string of the molecule is Cc1cc(NN)c(C(=O)Nc2ccc(C#N)cc2Cl)cn1. The lowest BCUT2D eigenvalue weighted by Crippen LogP contribution is -2.18. The number of carbonyl (C=O) groups is 1. The summed E-state index contributed by atoms with van der Waals surface area (Å²) in [5.74, 6) is 5.00. The zero-order valence-corrected chi connectivity index (χ0v) is 11.9. The molecule has 7 heteroatoms. The van der Waals surface area contributed by atoms with E-state index in [0.29, 0.717) is 22.5 Å². The molecular formula is C14H12ClN5O. The standard InChI is InChI=1S/C14H12ClN5O/c1-8-4-13(20-17)10(7-18-8)14(21)19-12-3-2-9(6-16)5-11(12)15/h2-5,7H,17H2,1H3,(H,18,20)(H,19,21). The zero-order chi connectivity index (χ0) is 15.4. The van der Waals surface area contributed by atoms with Gasteiger partial charge in [0.05, 0.1) is 33.6 Å². The number of carbonyl (C=O) groups excluding carboxylic acids is 1. The van der Waals surface area contributed by atoms with Gasteiger partial charge in [-0.15, -0.1) is 0 Å². The smallest absolute Gasteiger partial charge is 0.259 e. The van der Waals surface area contributed by atoms with Gasteiger partial charge in [-0.3, -0.25) is 15.6 Å². The maximum Gasteiger partial charge on any atom is 0.259 e. The molecule has 1 heterocycles. The Morgan fingerprint density at radius 2 is 2.14 bits per heavy atom. The van der Waals surface area contributed by atoms with Gasteiger partial charge in [0.25, 0.3) is 5.91 Å². The summed E-state index contributed by atoms with van der Waals surface area (Å²) in [4.78, 5) is 16.3. The molecule has 0 radical (unpaired) electrons. The molecule has 4 N–H and O–H groups in total. The van der Waals surface area contributed by atoms with Gasteiger partial charge in [-0.25, -0.2) is 0 Å². The van der Waals surface area contributed by atoms with Crippen molar-refractivity contribution < 1.29 is 4.79 Å². The van der Waals surface area contributed by atoms with E-state index in [-0.39, 0.29) is 5.02 Å². The topological polar surface area (TPSA) is 104 Å². The van der Waals surface area contributed by atoms with E-state index in [9.17, 15) is 4.79 Å². The Hall–Kier alpha value is -2.62. The van der Waals surface area contributed by atoms with Crippen molar-refractivity contribution in [2.75, 3.05) is 10.7 Å². The van der Waals surface area contributed by atoms with Gasteiger partial charge in [-0.1, -0.05) is 11.6 Å². The maximum absolute atomic E-state index is 12.2. The summed E-state index contributed by atoms with van der Waals surface area (Å²) in [7, 11) is 0. The van der Waals surface area contributed by atoms with Gasteiger partial charge in [0.15, 0.2) is 0 Å². The number of hydrogen-bond donors (Lipinski definition) is 3. The van der Waals surface area contributed by atoms with Crippen LogP contribution in [0.3, 0.4) is 0 Å². The van der Waals surface area contributed by atoms with E-state index in [0.717, 1.165) is 5.69 Å². The Balaban J connectivity index is 2.28. The second-order valence-electron chi connectivity index (χ2n) is 4.28. The van der Waals surface area contributed by atoms with Crippen molar-refractivity contribution in [1.29, 1.82) is 5.26 Å². The van der Waals surface area contributed by atoms with Crippen molar-refractivity contribution in [2.45, 2.75) is 6.92 Å². The second-order valence-corrected chi connectivity index (χ2v) is 4.68. The molecule has 1 amide bonds. The van der Waals surface area contributed by atoms with Crippen LogP contribution in [0.4, 0.5) is 11.4 Å². The van der Waals surface area contributed by atoms with E-state index >= 15 is 0 Å². The molecule has 0 aliphatic carbocycles. The molecule has 1 aromatic heterocycles. The Morgan fingerprint density at radius 3 is 2.76 bits per heavy atom. The van der Waals surface area contributed by atoms with Crippen LogP contribution in [0.1, 0.15) is 21.6 Å². The van der Waals surface area contributed by atoms with Crippen molar-refractivity contribution >= 4 is 28.9 Å². The number of halogens is 1. The van der Waals surface area contributed by atoms with Crippen LogP contribution in [0.5, 0.6) is 0 Å². The molecule has 2 aromatic rings. The molecule has 0 fully saturated rings. The van der Waals surface area contributed by atoms with E-state index in [1.807, 2.05) is 6.07 Å². The van der Waals surface area contributed by atoms with Gasteiger partial charge in [-0.2, -0.15) is 5.26 Å². The quantitative estimate of drug-likeness (QED) is 0.597. The third-order valence-electron chi connectivity index (χ3n) is 2.79. The van der Waals surface area contributed by atoms with E-state index in [2.05, 4.69) is 15.7 Å². The minimum Gasteiger partial charge on any atom is -0.323 e. The van der Waals surface area contributed by atoms with Crippen molar-refractivity contribution in [3.63, 3.8) is 0 Å². The third-order valence-corrected chi connectivity index (χ3v) is 3.10. The van der Waals surface area contributed by atoms with Crippen molar-refractivity contribution in [1.82, 2.24) is 4.98 Å². The normalized spacial score (nSPS) is 9.81. The molecule has 0 spiro atoms. The van der Waals surface area contributed by atoms with Crippen molar-refractivity contribution in [3.8, 4) is 6.07 Å². The molecule has 0 aliphatic heterocycles. The Morgan fingerprint density at radius 1 is 1.38 bits per heavy atom. The number of aromatic nitrogens is 1. The third kappa shape index (κ3) is 3.28. The molecule has 0 bridgehead atoms. The number of nitrogen functional groups attached to an aromatic ring is 1. The van der Waals surface area contributed by atoms with Gasteiger partial charge >= 0.3 is 0 Å². The lowest BCUT2D eigenvalue weighted by Gasteiger charge is -2.11. The fourth-order valence-corrected chi connectivity index (χ4v) is 1.96. The lowest BCUT2D eigenvalue weighted by atomic mass is 10.2. The molecular weight excluding hydrogens is 290 g/mol. The maximum atomic E-state index is 12.2. The highest BCUT2D eigenvalue weighted by atomic mass is 35.5. The summed E-state index contributed by atoms with van der Waals surface area (Å²) in [6, 6.07) is 8.24. The Labute approximate surface area is 126 Å². The monoisotopic (exact) mass is 301 g/mol. The number of nitrogens with two attached hydrogens (primary N) is 1. The molecule has 0 unspecified atom stereocenters. The summed E-state index contributed by atoms with van der Waals surface area (Å²) < 4.78 is 0. The van der Waals surface area contributed by atoms with Crippen LogP contribution in [-0.2, 0) is 0 Å². The van der Waals surface area contributed by atoms with Crippen molar-refractivity contribution in [3.05, 3.63) is 52.3 Å². The van der Waals surface area contributed by atoms with Crippen molar-refractivity contribution in [2.24, 2.45) is 5.84 Å². The molecule has 6 nitrogen and oxygen atoms in total. The van der Waals surface area contributed by atoms with Crippen LogP contribution in [0, 0.1) is 18.3 Å². The largest absolute Gasteiger partial charge is 0.323 e. The molecule has 0 saturated carbocycles. The van der Waals surface area contributed by atoms with E-state index in [1.54, 1.807) is 25.1 Å². The van der Waals surface area contributed by atoms with Crippen LogP contribution >= 0.6 is 11.6 Å². The summed E-state index contributed by atoms with van der Waals surface area (Å²) in [5, 5.41) is 11.7. The molecule has 1 aromatic carbocycles. The van der Waals surface area contributed by atoms with Crippen LogP contribution in [0.15, 0.2) is 30.5 Å². The zero-order valence-electron chi connectivity index (χ0n) is 11.1. The summed E-state index contributed by atoms with van der Waals surface area (Å²) in [5.41, 5.74) is 4.77. The van der Waals surface area contributed by atoms with Gasteiger partial charge in [-0.05, 0) is 31.2 Å². The molecule has 0 saturated heterocycles. The van der Waals surface area contributed by atoms with Crippen LogP contribution in [-0.4, -0.2) is 10.9 Å². The second kappa shape index (κ2) is 6.22. The molecule has 0 aliphatic rings. The van der Waals surface area contributed by atoms with Gasteiger partial charge in [0, 0.05) is 11.9 Å². The highest BCUT2D eigenvalue weighted by Gasteiger charge is 2.13. The highest BCUT2D eigenvalue weighted by molar-refractivity contribution is 6.34. The molecule has 106 valence electrons. The number of anilines is 2. The van der Waals surface area contributed by atoms with Crippen LogP contribution in [0.2, 0.25) is 5.02 Å². The average Bonchev–Trinajstić information content (AvgIpc) is 2.48. The van der Waals surface area contributed by atoms with E-state index in [1.165, 1.54) is 12.3 Å². The number of nitrogens with one attached hydrogen (secondary N) is 2. The van der Waals surface area contributed by atoms with Crippen LogP contribution in [0.25, 0.3) is 0 Å². The fourth-order valence-electron chi connectivity index (χ4n) is 1.74. The first-order valence-electron chi connectivity index (χ1n) is 5.99.